The Balaban J connectivity index is 2.19. The van der Waals surface area contributed by atoms with E-state index in [1.165, 1.54) is 6.07 Å². The maximum absolute atomic E-state index is 13.1. The van der Waals surface area contributed by atoms with Crippen LogP contribution in [0.4, 0.5) is 4.39 Å². The van der Waals surface area contributed by atoms with Crippen LogP contribution in [0, 0.1) is 17.2 Å². The molecule has 0 heterocycles. The normalized spacial score (nSPS) is 19.1. The zero-order valence-electron chi connectivity index (χ0n) is 9.63. The van der Waals surface area contributed by atoms with Gasteiger partial charge in [-0.05, 0) is 42.9 Å². The molecule has 1 fully saturated rings. The predicted molar refractivity (Wildman–Crippen MR) is 66.4 cm³/mol. The van der Waals surface area contributed by atoms with Crippen LogP contribution < -0.4 is 5.73 Å². The number of aliphatic hydroxyl groups is 1. The van der Waals surface area contributed by atoms with Crippen molar-refractivity contribution in [1.82, 2.24) is 0 Å². The number of halogens is 2. The molecule has 0 amide bonds. The van der Waals surface area contributed by atoms with E-state index in [0.717, 1.165) is 18.4 Å². The van der Waals surface area contributed by atoms with Gasteiger partial charge in [0.25, 0.3) is 0 Å². The summed E-state index contributed by atoms with van der Waals surface area (Å²) in [5.74, 6) is 0.0746. The molecular weight excluding hydrogens is 241 g/mol. The minimum absolute atomic E-state index is 0.0726. The first-order chi connectivity index (χ1) is 8.11. The van der Waals surface area contributed by atoms with Crippen LogP contribution in [0.1, 0.15) is 18.4 Å². The van der Waals surface area contributed by atoms with Crippen molar-refractivity contribution >= 4 is 11.6 Å². The molecule has 2 rings (SSSR count). The fourth-order valence-electron chi connectivity index (χ4n) is 2.38. The molecular formula is C13H17ClFNO. The van der Waals surface area contributed by atoms with Crippen LogP contribution in [0.3, 0.4) is 0 Å². The molecule has 1 unspecified atom stereocenters. The van der Waals surface area contributed by atoms with Crippen molar-refractivity contribution in [3.63, 3.8) is 0 Å². The van der Waals surface area contributed by atoms with E-state index in [2.05, 4.69) is 0 Å². The molecule has 94 valence electrons. The van der Waals surface area contributed by atoms with Crippen molar-refractivity contribution in [2.45, 2.75) is 19.3 Å². The highest BCUT2D eigenvalue weighted by Gasteiger charge is 2.43. The third kappa shape index (κ3) is 2.62. The quantitative estimate of drug-likeness (QED) is 0.851. The second kappa shape index (κ2) is 4.92. The average Bonchev–Trinajstić information content (AvgIpc) is 3.15. The highest BCUT2D eigenvalue weighted by atomic mass is 35.5. The minimum atomic E-state index is -0.413. The van der Waals surface area contributed by atoms with Crippen molar-refractivity contribution in [2.75, 3.05) is 13.2 Å². The SMILES string of the molecule is NCC(CO)(Cc1ccc(F)c(Cl)c1)C1CC1. The summed E-state index contributed by atoms with van der Waals surface area (Å²) in [6.45, 7) is 0.520. The highest BCUT2D eigenvalue weighted by molar-refractivity contribution is 6.30. The lowest BCUT2D eigenvalue weighted by Gasteiger charge is -2.30. The zero-order chi connectivity index (χ0) is 12.5. The third-order valence-corrected chi connectivity index (χ3v) is 3.99. The van der Waals surface area contributed by atoms with Crippen molar-refractivity contribution < 1.29 is 9.50 Å². The Morgan fingerprint density at radius 2 is 2.18 bits per heavy atom. The molecule has 1 aliphatic rings. The van der Waals surface area contributed by atoms with Gasteiger partial charge in [0.05, 0.1) is 11.6 Å². The first-order valence-corrected chi connectivity index (χ1v) is 6.24. The average molecular weight is 258 g/mol. The molecule has 17 heavy (non-hydrogen) atoms. The van der Waals surface area contributed by atoms with Gasteiger partial charge < -0.3 is 10.8 Å². The summed E-state index contributed by atoms with van der Waals surface area (Å²) in [5, 5.41) is 9.71. The van der Waals surface area contributed by atoms with Gasteiger partial charge in [-0.3, -0.25) is 0 Å². The van der Waals surface area contributed by atoms with Crippen LogP contribution in [0.2, 0.25) is 5.02 Å². The zero-order valence-corrected chi connectivity index (χ0v) is 10.4. The summed E-state index contributed by atoms with van der Waals surface area (Å²) in [7, 11) is 0. The first kappa shape index (κ1) is 12.8. The number of rotatable bonds is 5. The molecule has 0 bridgehead atoms. The largest absolute Gasteiger partial charge is 0.396 e. The van der Waals surface area contributed by atoms with Crippen LogP contribution in [-0.2, 0) is 6.42 Å². The van der Waals surface area contributed by atoms with E-state index in [4.69, 9.17) is 17.3 Å². The number of aliphatic hydroxyl groups excluding tert-OH is 1. The summed E-state index contributed by atoms with van der Waals surface area (Å²) >= 11 is 5.76. The second-order valence-electron chi connectivity index (χ2n) is 4.92. The van der Waals surface area contributed by atoms with Gasteiger partial charge in [0.1, 0.15) is 5.82 Å². The van der Waals surface area contributed by atoms with Gasteiger partial charge in [-0.15, -0.1) is 0 Å². The molecule has 0 aliphatic heterocycles. The van der Waals surface area contributed by atoms with E-state index < -0.39 is 5.82 Å². The Morgan fingerprint density at radius 3 is 2.65 bits per heavy atom. The summed E-state index contributed by atoms with van der Waals surface area (Å²) in [6.07, 6.45) is 2.89. The molecule has 1 atom stereocenters. The van der Waals surface area contributed by atoms with E-state index in [-0.39, 0.29) is 17.0 Å². The molecule has 1 aliphatic carbocycles. The lowest BCUT2D eigenvalue weighted by atomic mass is 9.78. The van der Waals surface area contributed by atoms with Crippen LogP contribution in [0.15, 0.2) is 18.2 Å². The van der Waals surface area contributed by atoms with Crippen molar-refractivity contribution in [3.05, 3.63) is 34.6 Å². The van der Waals surface area contributed by atoms with Gasteiger partial charge in [0.2, 0.25) is 0 Å². The van der Waals surface area contributed by atoms with Gasteiger partial charge in [0.15, 0.2) is 0 Å². The molecule has 1 aromatic rings. The molecule has 1 saturated carbocycles. The van der Waals surface area contributed by atoms with E-state index in [9.17, 15) is 9.50 Å². The molecule has 0 aromatic heterocycles. The molecule has 4 heteroatoms. The topological polar surface area (TPSA) is 46.2 Å². The number of benzene rings is 1. The fourth-order valence-corrected chi connectivity index (χ4v) is 2.59. The Hall–Kier alpha value is -0.640. The van der Waals surface area contributed by atoms with Crippen LogP contribution >= 0.6 is 11.6 Å². The Morgan fingerprint density at radius 1 is 1.47 bits per heavy atom. The summed E-state index contributed by atoms with van der Waals surface area (Å²) in [4.78, 5) is 0. The molecule has 3 N–H and O–H groups in total. The minimum Gasteiger partial charge on any atom is -0.396 e. The maximum Gasteiger partial charge on any atom is 0.141 e. The number of hydrogen-bond acceptors (Lipinski definition) is 2. The van der Waals surface area contributed by atoms with Crippen molar-refractivity contribution in [3.8, 4) is 0 Å². The van der Waals surface area contributed by atoms with Gasteiger partial charge in [-0.2, -0.15) is 0 Å². The van der Waals surface area contributed by atoms with Crippen molar-refractivity contribution in [2.24, 2.45) is 17.1 Å². The molecule has 0 saturated heterocycles. The van der Waals surface area contributed by atoms with Crippen LogP contribution in [-0.4, -0.2) is 18.3 Å². The molecule has 0 spiro atoms. The summed E-state index contributed by atoms with van der Waals surface area (Å²) in [6, 6.07) is 4.70. The molecule has 1 aromatic carbocycles. The Kier molecular flexibility index (Phi) is 3.71. The number of nitrogens with two attached hydrogens (primary N) is 1. The van der Waals surface area contributed by atoms with Gasteiger partial charge >= 0.3 is 0 Å². The predicted octanol–water partition coefficient (Wildman–Crippen LogP) is 2.37. The fraction of sp³-hybridized carbons (Fsp3) is 0.538. The second-order valence-corrected chi connectivity index (χ2v) is 5.33. The smallest absolute Gasteiger partial charge is 0.141 e. The van der Waals surface area contributed by atoms with Gasteiger partial charge in [-0.1, -0.05) is 17.7 Å². The van der Waals surface area contributed by atoms with Crippen LogP contribution in [0.25, 0.3) is 0 Å². The first-order valence-electron chi connectivity index (χ1n) is 5.86. The molecule has 2 nitrogen and oxygen atoms in total. The Labute approximate surface area is 106 Å². The van der Waals surface area contributed by atoms with E-state index in [0.29, 0.717) is 18.9 Å². The van der Waals surface area contributed by atoms with Crippen molar-refractivity contribution in [1.29, 1.82) is 0 Å². The highest BCUT2D eigenvalue weighted by Crippen LogP contribution is 2.46. The summed E-state index contributed by atoms with van der Waals surface area (Å²) in [5.41, 5.74) is 6.48. The number of hydrogen-bond donors (Lipinski definition) is 2. The summed E-state index contributed by atoms with van der Waals surface area (Å²) < 4.78 is 13.1. The standard InChI is InChI=1S/C13H17ClFNO/c14-11-5-9(1-4-12(11)15)6-13(7-16,8-17)10-2-3-10/h1,4-5,10,17H,2-3,6-8,16H2. The van der Waals surface area contributed by atoms with E-state index in [1.54, 1.807) is 12.1 Å². The van der Waals surface area contributed by atoms with E-state index >= 15 is 0 Å². The van der Waals surface area contributed by atoms with Crippen LogP contribution in [0.5, 0.6) is 0 Å². The maximum atomic E-state index is 13.1. The molecule has 0 radical (unpaired) electrons. The lowest BCUT2D eigenvalue weighted by molar-refractivity contribution is 0.109. The van der Waals surface area contributed by atoms with Gasteiger partial charge in [0, 0.05) is 12.0 Å². The lowest BCUT2D eigenvalue weighted by Crippen LogP contribution is -2.38. The van der Waals surface area contributed by atoms with E-state index in [1.807, 2.05) is 0 Å². The van der Waals surface area contributed by atoms with Gasteiger partial charge in [-0.25, -0.2) is 4.39 Å². The Bertz CT molecular complexity index is 402. The third-order valence-electron chi connectivity index (χ3n) is 3.70. The monoisotopic (exact) mass is 257 g/mol.